The molecular formula is C21H22FN3O2. The van der Waals surface area contributed by atoms with Gasteiger partial charge in [0.1, 0.15) is 11.6 Å². The van der Waals surface area contributed by atoms with E-state index in [4.69, 9.17) is 4.74 Å². The van der Waals surface area contributed by atoms with Gasteiger partial charge in [0.05, 0.1) is 25.2 Å². The van der Waals surface area contributed by atoms with E-state index in [1.807, 2.05) is 36.1 Å². The molecule has 1 heterocycles. The van der Waals surface area contributed by atoms with Gasteiger partial charge < -0.3 is 4.74 Å². The number of fused-ring (bicyclic) bond motifs is 1. The van der Waals surface area contributed by atoms with Crippen LogP contribution in [0.2, 0.25) is 0 Å². The van der Waals surface area contributed by atoms with Crippen molar-refractivity contribution in [2.75, 3.05) is 13.2 Å². The van der Waals surface area contributed by atoms with Gasteiger partial charge in [-0.25, -0.2) is 14.4 Å². The second-order valence-corrected chi connectivity index (χ2v) is 6.32. The van der Waals surface area contributed by atoms with Crippen LogP contribution in [0.4, 0.5) is 4.39 Å². The Kier molecular flexibility index (Phi) is 6.08. The fourth-order valence-electron chi connectivity index (χ4n) is 2.97. The first kappa shape index (κ1) is 18.9. The third kappa shape index (κ3) is 5.08. The monoisotopic (exact) mass is 367 g/mol. The van der Waals surface area contributed by atoms with Gasteiger partial charge in [0.15, 0.2) is 0 Å². The topological polar surface area (TPSA) is 55.3 Å². The number of aryl methyl sites for hydroxylation is 1. The Morgan fingerprint density at radius 2 is 1.81 bits per heavy atom. The van der Waals surface area contributed by atoms with Crippen LogP contribution in [-0.4, -0.2) is 34.0 Å². The quantitative estimate of drug-likeness (QED) is 0.597. The number of ether oxygens (including phenoxy) is 1. The average molecular weight is 367 g/mol. The normalized spacial score (nSPS) is 11.1. The SMILES string of the molecule is CCOC(=O)CN(Cc1ccc(F)cc1)Cc1nc(C)c2ccccc2n1. The lowest BCUT2D eigenvalue weighted by Crippen LogP contribution is -2.31. The highest BCUT2D eigenvalue weighted by atomic mass is 19.1. The minimum Gasteiger partial charge on any atom is -0.465 e. The number of nitrogens with zero attached hydrogens (tertiary/aromatic N) is 3. The van der Waals surface area contributed by atoms with Crippen molar-refractivity contribution in [1.82, 2.24) is 14.9 Å². The summed E-state index contributed by atoms with van der Waals surface area (Å²) in [6.45, 7) is 5.02. The zero-order valence-electron chi connectivity index (χ0n) is 15.5. The van der Waals surface area contributed by atoms with Gasteiger partial charge in [-0.1, -0.05) is 30.3 Å². The van der Waals surface area contributed by atoms with Crippen molar-refractivity contribution in [2.24, 2.45) is 0 Å². The van der Waals surface area contributed by atoms with Crippen LogP contribution < -0.4 is 0 Å². The van der Waals surface area contributed by atoms with Gasteiger partial charge in [0.25, 0.3) is 0 Å². The Hall–Kier alpha value is -2.86. The number of hydrogen-bond acceptors (Lipinski definition) is 5. The molecule has 0 unspecified atom stereocenters. The molecule has 0 aliphatic carbocycles. The van der Waals surface area contributed by atoms with E-state index >= 15 is 0 Å². The summed E-state index contributed by atoms with van der Waals surface area (Å²) >= 11 is 0. The molecule has 140 valence electrons. The van der Waals surface area contributed by atoms with Crippen LogP contribution in [0.1, 0.15) is 24.0 Å². The summed E-state index contributed by atoms with van der Waals surface area (Å²) in [4.78, 5) is 23.1. The van der Waals surface area contributed by atoms with E-state index < -0.39 is 0 Å². The fraction of sp³-hybridized carbons (Fsp3) is 0.286. The molecule has 3 rings (SSSR count). The number of carbonyl (C=O) groups excluding carboxylic acids is 1. The molecule has 3 aromatic rings. The van der Waals surface area contributed by atoms with Gasteiger partial charge in [-0.2, -0.15) is 0 Å². The predicted molar refractivity (Wildman–Crippen MR) is 101 cm³/mol. The van der Waals surface area contributed by atoms with Crippen LogP contribution in [0.5, 0.6) is 0 Å². The van der Waals surface area contributed by atoms with Gasteiger partial charge in [0.2, 0.25) is 0 Å². The molecule has 1 aromatic heterocycles. The van der Waals surface area contributed by atoms with Crippen molar-refractivity contribution in [1.29, 1.82) is 0 Å². The molecule has 0 radical (unpaired) electrons. The molecule has 2 aromatic carbocycles. The van der Waals surface area contributed by atoms with Crippen LogP contribution >= 0.6 is 0 Å². The number of para-hydroxylation sites is 1. The van der Waals surface area contributed by atoms with Crippen molar-refractivity contribution < 1.29 is 13.9 Å². The molecule has 27 heavy (non-hydrogen) atoms. The molecule has 0 bridgehead atoms. The highest BCUT2D eigenvalue weighted by molar-refractivity contribution is 5.80. The van der Waals surface area contributed by atoms with Crippen LogP contribution in [0.15, 0.2) is 48.5 Å². The lowest BCUT2D eigenvalue weighted by atomic mass is 10.2. The van der Waals surface area contributed by atoms with E-state index in [1.165, 1.54) is 12.1 Å². The van der Waals surface area contributed by atoms with Crippen LogP contribution in [0.3, 0.4) is 0 Å². The van der Waals surface area contributed by atoms with Gasteiger partial charge in [-0.3, -0.25) is 9.69 Å². The number of esters is 1. The maximum absolute atomic E-state index is 13.2. The molecule has 0 spiro atoms. The summed E-state index contributed by atoms with van der Waals surface area (Å²) in [7, 11) is 0. The van der Waals surface area contributed by atoms with Crippen LogP contribution in [0.25, 0.3) is 10.9 Å². The Bertz CT molecular complexity index is 928. The smallest absolute Gasteiger partial charge is 0.320 e. The molecule has 0 saturated heterocycles. The van der Waals surface area contributed by atoms with Crippen molar-refractivity contribution in [3.8, 4) is 0 Å². The second-order valence-electron chi connectivity index (χ2n) is 6.32. The zero-order valence-corrected chi connectivity index (χ0v) is 15.5. The number of halogens is 1. The maximum Gasteiger partial charge on any atom is 0.320 e. The molecule has 0 saturated carbocycles. The van der Waals surface area contributed by atoms with E-state index in [0.717, 1.165) is 22.2 Å². The van der Waals surface area contributed by atoms with Crippen LogP contribution in [-0.2, 0) is 22.6 Å². The minimum absolute atomic E-state index is 0.112. The first-order valence-electron chi connectivity index (χ1n) is 8.90. The number of aromatic nitrogens is 2. The third-order valence-corrected chi connectivity index (χ3v) is 4.18. The van der Waals surface area contributed by atoms with Gasteiger partial charge in [0, 0.05) is 17.6 Å². The molecule has 0 amide bonds. The highest BCUT2D eigenvalue weighted by Gasteiger charge is 2.15. The Labute approximate surface area is 157 Å². The molecule has 5 nitrogen and oxygen atoms in total. The van der Waals surface area contributed by atoms with Crippen LogP contribution in [0, 0.1) is 12.7 Å². The Morgan fingerprint density at radius 3 is 2.56 bits per heavy atom. The summed E-state index contributed by atoms with van der Waals surface area (Å²) in [5.41, 5.74) is 2.67. The van der Waals surface area contributed by atoms with Crippen molar-refractivity contribution in [3.63, 3.8) is 0 Å². The average Bonchev–Trinajstić information content (AvgIpc) is 2.64. The highest BCUT2D eigenvalue weighted by Crippen LogP contribution is 2.16. The number of rotatable bonds is 7. The number of hydrogen-bond donors (Lipinski definition) is 0. The summed E-state index contributed by atoms with van der Waals surface area (Å²) in [6.07, 6.45) is 0. The van der Waals surface area contributed by atoms with Crippen molar-refractivity contribution in [2.45, 2.75) is 26.9 Å². The van der Waals surface area contributed by atoms with E-state index in [-0.39, 0.29) is 18.3 Å². The molecule has 0 fully saturated rings. The van der Waals surface area contributed by atoms with Crippen molar-refractivity contribution in [3.05, 3.63) is 71.4 Å². The Morgan fingerprint density at radius 1 is 1.07 bits per heavy atom. The largest absolute Gasteiger partial charge is 0.465 e. The van der Waals surface area contributed by atoms with Gasteiger partial charge in [-0.05, 0) is 37.6 Å². The zero-order chi connectivity index (χ0) is 19.2. The summed E-state index contributed by atoms with van der Waals surface area (Å²) in [5.74, 6) is 0.0407. The molecule has 6 heteroatoms. The lowest BCUT2D eigenvalue weighted by Gasteiger charge is -2.21. The maximum atomic E-state index is 13.2. The summed E-state index contributed by atoms with van der Waals surface area (Å²) in [6, 6.07) is 14.1. The first-order chi connectivity index (χ1) is 13.0. The molecule has 0 aliphatic rings. The van der Waals surface area contributed by atoms with E-state index in [0.29, 0.717) is 25.5 Å². The van der Waals surface area contributed by atoms with E-state index in [1.54, 1.807) is 19.1 Å². The molecule has 0 aliphatic heterocycles. The molecule has 0 atom stereocenters. The first-order valence-corrected chi connectivity index (χ1v) is 8.90. The summed E-state index contributed by atoms with van der Waals surface area (Å²) < 4.78 is 18.2. The van der Waals surface area contributed by atoms with E-state index in [9.17, 15) is 9.18 Å². The lowest BCUT2D eigenvalue weighted by molar-refractivity contribution is -0.144. The third-order valence-electron chi connectivity index (χ3n) is 4.18. The Balaban J connectivity index is 1.83. The van der Waals surface area contributed by atoms with Gasteiger partial charge >= 0.3 is 5.97 Å². The standard InChI is InChI=1S/C21H22FN3O2/c1-3-27-21(26)14-25(12-16-8-10-17(22)11-9-16)13-20-23-15(2)18-6-4-5-7-19(18)24-20/h4-11H,3,12-14H2,1-2H3. The number of benzene rings is 2. The van der Waals surface area contributed by atoms with Gasteiger partial charge in [-0.15, -0.1) is 0 Å². The number of carbonyl (C=O) groups is 1. The molecular weight excluding hydrogens is 345 g/mol. The second kappa shape index (κ2) is 8.68. The predicted octanol–water partition coefficient (Wildman–Crippen LogP) is 3.64. The minimum atomic E-state index is -0.308. The van der Waals surface area contributed by atoms with Crippen molar-refractivity contribution >= 4 is 16.9 Å². The fourth-order valence-corrected chi connectivity index (χ4v) is 2.97. The summed E-state index contributed by atoms with van der Waals surface area (Å²) in [5, 5.41) is 1.01. The van der Waals surface area contributed by atoms with E-state index in [2.05, 4.69) is 9.97 Å². The molecule has 0 N–H and O–H groups in total.